The van der Waals surface area contributed by atoms with E-state index in [9.17, 15) is 0 Å². The van der Waals surface area contributed by atoms with Gasteiger partial charge in [0.25, 0.3) is 0 Å². The van der Waals surface area contributed by atoms with E-state index in [-0.39, 0.29) is 0 Å². The van der Waals surface area contributed by atoms with E-state index >= 15 is 0 Å². The number of benzene rings is 1. The summed E-state index contributed by atoms with van der Waals surface area (Å²) in [6, 6.07) is 7.93. The predicted molar refractivity (Wildman–Crippen MR) is 50.0 cm³/mol. The summed E-state index contributed by atoms with van der Waals surface area (Å²) in [5, 5.41) is 0.812. The molecular formula is C10H11Cl. The first kappa shape index (κ1) is 8.35. The van der Waals surface area contributed by atoms with Crippen molar-refractivity contribution in [1.82, 2.24) is 0 Å². The van der Waals surface area contributed by atoms with Crippen LogP contribution in [0.2, 0.25) is 5.02 Å². The Kier molecular flexibility index (Phi) is 3.18. The van der Waals surface area contributed by atoms with Crippen molar-refractivity contribution in [3.05, 3.63) is 47.5 Å². The maximum atomic E-state index is 5.80. The monoisotopic (exact) mass is 166 g/mol. The molecule has 0 aromatic heterocycles. The fourth-order valence-electron chi connectivity index (χ4n) is 0.961. The first-order valence-corrected chi connectivity index (χ1v) is 4.06. The second kappa shape index (κ2) is 4.20. The molecule has 0 saturated carbocycles. The van der Waals surface area contributed by atoms with E-state index in [1.165, 1.54) is 5.56 Å². The van der Waals surface area contributed by atoms with Crippen LogP contribution in [0.5, 0.6) is 0 Å². The molecule has 0 aliphatic rings. The molecule has 58 valence electrons. The van der Waals surface area contributed by atoms with Crippen LogP contribution in [0.15, 0.2) is 36.9 Å². The smallest absolute Gasteiger partial charge is 0.0408 e. The largest absolute Gasteiger partial charge is 0.103 e. The van der Waals surface area contributed by atoms with Crippen molar-refractivity contribution in [3.63, 3.8) is 0 Å². The van der Waals surface area contributed by atoms with E-state index in [0.29, 0.717) is 0 Å². The van der Waals surface area contributed by atoms with E-state index in [2.05, 4.69) is 12.6 Å². The van der Waals surface area contributed by atoms with Crippen LogP contribution >= 0.6 is 11.6 Å². The van der Waals surface area contributed by atoms with Crippen LogP contribution in [0.25, 0.3) is 0 Å². The Morgan fingerprint density at radius 1 is 1.45 bits per heavy atom. The summed E-state index contributed by atoms with van der Waals surface area (Å²) in [5.41, 5.74) is 1.28. The molecule has 0 nitrogen and oxygen atoms in total. The third-order valence-electron chi connectivity index (χ3n) is 1.53. The number of rotatable bonds is 3. The standard InChI is InChI=1S/C10H11Cl/c1-2-3-5-9-6-4-7-10(11)8-9/h2,4,6-8H,1,3,5H2. The van der Waals surface area contributed by atoms with Gasteiger partial charge in [-0.05, 0) is 30.5 Å². The summed E-state index contributed by atoms with van der Waals surface area (Å²) in [6.45, 7) is 3.67. The van der Waals surface area contributed by atoms with Crippen molar-refractivity contribution < 1.29 is 0 Å². The Bertz CT molecular complexity index is 240. The van der Waals surface area contributed by atoms with Crippen LogP contribution in [0.4, 0.5) is 0 Å². The first-order chi connectivity index (χ1) is 5.33. The highest BCUT2D eigenvalue weighted by molar-refractivity contribution is 6.30. The minimum absolute atomic E-state index is 0.812. The number of hydrogen-bond donors (Lipinski definition) is 0. The summed E-state index contributed by atoms with van der Waals surface area (Å²) in [5.74, 6) is 0. The SMILES string of the molecule is C=CCCc1cccc(Cl)c1. The molecule has 11 heavy (non-hydrogen) atoms. The van der Waals surface area contributed by atoms with Gasteiger partial charge in [-0.1, -0.05) is 29.8 Å². The summed E-state index contributed by atoms with van der Waals surface area (Å²) in [7, 11) is 0. The maximum Gasteiger partial charge on any atom is 0.0408 e. The molecule has 1 rings (SSSR count). The van der Waals surface area contributed by atoms with Gasteiger partial charge < -0.3 is 0 Å². The molecule has 1 aromatic rings. The van der Waals surface area contributed by atoms with E-state index in [1.54, 1.807) is 0 Å². The second-order valence-electron chi connectivity index (χ2n) is 2.46. The quantitative estimate of drug-likeness (QED) is 0.604. The molecule has 0 spiro atoms. The minimum Gasteiger partial charge on any atom is -0.103 e. The minimum atomic E-state index is 0.812. The van der Waals surface area contributed by atoms with Gasteiger partial charge in [0.05, 0.1) is 0 Å². The Hall–Kier alpha value is -0.750. The van der Waals surface area contributed by atoms with E-state index in [1.807, 2.05) is 24.3 Å². The molecule has 0 radical (unpaired) electrons. The lowest BCUT2D eigenvalue weighted by Gasteiger charge is -1.97. The zero-order valence-corrected chi connectivity index (χ0v) is 7.14. The molecule has 0 bridgehead atoms. The molecule has 0 heterocycles. The van der Waals surface area contributed by atoms with Gasteiger partial charge in [0.15, 0.2) is 0 Å². The average Bonchev–Trinajstić information content (AvgIpc) is 2.01. The highest BCUT2D eigenvalue weighted by Crippen LogP contribution is 2.11. The molecule has 0 aliphatic carbocycles. The topological polar surface area (TPSA) is 0 Å². The first-order valence-electron chi connectivity index (χ1n) is 3.68. The van der Waals surface area contributed by atoms with E-state index in [0.717, 1.165) is 17.9 Å². The van der Waals surface area contributed by atoms with E-state index in [4.69, 9.17) is 11.6 Å². The van der Waals surface area contributed by atoms with Gasteiger partial charge in [0.2, 0.25) is 0 Å². The van der Waals surface area contributed by atoms with Crippen LogP contribution < -0.4 is 0 Å². The second-order valence-corrected chi connectivity index (χ2v) is 2.89. The number of aryl methyl sites for hydroxylation is 1. The number of halogens is 1. The van der Waals surface area contributed by atoms with Crippen LogP contribution in [-0.2, 0) is 6.42 Å². The van der Waals surface area contributed by atoms with Crippen molar-refractivity contribution in [2.45, 2.75) is 12.8 Å². The summed E-state index contributed by atoms with van der Waals surface area (Å²) in [4.78, 5) is 0. The molecular weight excluding hydrogens is 156 g/mol. The van der Waals surface area contributed by atoms with Crippen molar-refractivity contribution in [3.8, 4) is 0 Å². The Labute approximate surface area is 72.5 Å². The lowest BCUT2D eigenvalue weighted by atomic mass is 10.1. The maximum absolute atomic E-state index is 5.80. The third-order valence-corrected chi connectivity index (χ3v) is 1.76. The highest BCUT2D eigenvalue weighted by Gasteiger charge is 1.91. The van der Waals surface area contributed by atoms with Crippen LogP contribution in [0.3, 0.4) is 0 Å². The van der Waals surface area contributed by atoms with Crippen LogP contribution in [0, 0.1) is 0 Å². The van der Waals surface area contributed by atoms with Gasteiger partial charge in [0, 0.05) is 5.02 Å². The van der Waals surface area contributed by atoms with Gasteiger partial charge in [-0.15, -0.1) is 6.58 Å². The van der Waals surface area contributed by atoms with Gasteiger partial charge >= 0.3 is 0 Å². The molecule has 1 heteroatoms. The van der Waals surface area contributed by atoms with Crippen LogP contribution in [-0.4, -0.2) is 0 Å². The summed E-state index contributed by atoms with van der Waals surface area (Å²) in [6.07, 6.45) is 3.96. The fraction of sp³-hybridized carbons (Fsp3) is 0.200. The zero-order valence-electron chi connectivity index (χ0n) is 6.39. The third kappa shape index (κ3) is 2.77. The molecule has 0 saturated heterocycles. The molecule has 0 N–H and O–H groups in total. The van der Waals surface area contributed by atoms with Gasteiger partial charge in [0.1, 0.15) is 0 Å². The molecule has 0 fully saturated rings. The molecule has 0 amide bonds. The number of hydrogen-bond acceptors (Lipinski definition) is 0. The van der Waals surface area contributed by atoms with Crippen LogP contribution in [0.1, 0.15) is 12.0 Å². The fourth-order valence-corrected chi connectivity index (χ4v) is 1.17. The Balaban J connectivity index is 2.63. The van der Waals surface area contributed by atoms with Crippen molar-refractivity contribution in [1.29, 1.82) is 0 Å². The number of allylic oxidation sites excluding steroid dienone is 1. The zero-order chi connectivity index (χ0) is 8.10. The van der Waals surface area contributed by atoms with E-state index < -0.39 is 0 Å². The summed E-state index contributed by atoms with van der Waals surface area (Å²) < 4.78 is 0. The molecule has 0 aliphatic heterocycles. The normalized spacial score (nSPS) is 9.55. The van der Waals surface area contributed by atoms with Crippen molar-refractivity contribution in [2.75, 3.05) is 0 Å². The Morgan fingerprint density at radius 2 is 2.27 bits per heavy atom. The van der Waals surface area contributed by atoms with Crippen molar-refractivity contribution in [2.24, 2.45) is 0 Å². The Morgan fingerprint density at radius 3 is 2.91 bits per heavy atom. The van der Waals surface area contributed by atoms with Gasteiger partial charge in [-0.3, -0.25) is 0 Å². The van der Waals surface area contributed by atoms with Gasteiger partial charge in [-0.2, -0.15) is 0 Å². The highest BCUT2D eigenvalue weighted by atomic mass is 35.5. The van der Waals surface area contributed by atoms with Gasteiger partial charge in [-0.25, -0.2) is 0 Å². The summed E-state index contributed by atoms with van der Waals surface area (Å²) >= 11 is 5.80. The van der Waals surface area contributed by atoms with Crippen molar-refractivity contribution >= 4 is 11.6 Å². The lowest BCUT2D eigenvalue weighted by Crippen LogP contribution is -1.81. The molecule has 1 aromatic carbocycles. The lowest BCUT2D eigenvalue weighted by molar-refractivity contribution is 1.00. The predicted octanol–water partition coefficient (Wildman–Crippen LogP) is 3.46. The average molecular weight is 167 g/mol. The molecule has 0 atom stereocenters. The molecule has 0 unspecified atom stereocenters.